The summed E-state index contributed by atoms with van der Waals surface area (Å²) in [6, 6.07) is 11.9. The Morgan fingerprint density at radius 3 is 1.72 bits per heavy atom. The molecule has 1 aromatic rings. The normalized spacial score (nSPS) is 15.3. The minimum Gasteiger partial charge on any atom is -0.744 e. The molecule has 21 nitrogen and oxygen atoms in total. The average molecular weight is 1120 g/mol. The number of nitrogens with zero attached hydrogens (tertiary/aromatic N) is 2. The minimum atomic E-state index is -4.84. The van der Waals surface area contributed by atoms with Crippen LogP contribution in [0.25, 0.3) is 17.4 Å². The first-order chi connectivity index (χ1) is 36.2. The van der Waals surface area contributed by atoms with Crippen LogP contribution in [0.1, 0.15) is 56.6 Å². The Labute approximate surface area is 470 Å². The Morgan fingerprint density at radius 1 is 0.697 bits per heavy atom. The van der Waals surface area contributed by atoms with Crippen molar-refractivity contribution in [2.75, 3.05) is 163 Å². The van der Waals surface area contributed by atoms with E-state index in [-0.39, 0.29) is 48.8 Å². The van der Waals surface area contributed by atoms with E-state index in [0.29, 0.717) is 181 Å². The van der Waals surface area contributed by atoms with E-state index in [1.165, 1.54) is 12.1 Å². The van der Waals surface area contributed by atoms with E-state index in [1.807, 2.05) is 54.3 Å². The molecule has 24 heteroatoms. The smallest absolute Gasteiger partial charge is 0.744 e. The monoisotopic (exact) mass is 1120 g/mol. The molecular formula is C52H78N2NaO19S2+. The van der Waals surface area contributed by atoms with E-state index >= 15 is 0 Å². The van der Waals surface area contributed by atoms with Gasteiger partial charge in [-0.2, -0.15) is 8.42 Å². The fraction of sp³-hybridized carbons (Fsp3) is 0.615. The molecule has 3 aliphatic rings. The predicted molar refractivity (Wildman–Crippen MR) is 279 cm³/mol. The molecule has 2 heterocycles. The van der Waals surface area contributed by atoms with Crippen LogP contribution in [0, 0.1) is 0 Å². The van der Waals surface area contributed by atoms with Crippen molar-refractivity contribution in [1.82, 2.24) is 4.58 Å². The number of carboxylic acids is 1. The van der Waals surface area contributed by atoms with Crippen molar-refractivity contribution in [2.45, 2.75) is 55.8 Å². The number of carboxylic acid groups (broad SMARTS) is 1. The number of aliphatic carboxylic acids is 1. The molecule has 1 atom stereocenters. The molecule has 76 heavy (non-hydrogen) atoms. The molecule has 1 aliphatic carbocycles. The Morgan fingerprint density at radius 2 is 1.22 bits per heavy atom. The van der Waals surface area contributed by atoms with Gasteiger partial charge in [0.2, 0.25) is 5.36 Å². The van der Waals surface area contributed by atoms with Crippen molar-refractivity contribution in [3.05, 3.63) is 83.1 Å². The molecule has 4 rings (SSSR count). The first-order valence-electron chi connectivity index (χ1n) is 25.3. The number of hydrogen-bond donors (Lipinski definition) is 2. The summed E-state index contributed by atoms with van der Waals surface area (Å²) in [5, 5.41) is 10.1. The van der Waals surface area contributed by atoms with Crippen molar-refractivity contribution in [2.24, 2.45) is 0 Å². The summed E-state index contributed by atoms with van der Waals surface area (Å²) in [5.74, 6) is -0.802. The molecular weight excluding hydrogens is 1040 g/mol. The van der Waals surface area contributed by atoms with Crippen molar-refractivity contribution < 1.29 is 117 Å². The fourth-order valence-electron chi connectivity index (χ4n) is 8.25. The van der Waals surface area contributed by atoms with Crippen LogP contribution < -0.4 is 44.4 Å². The number of rotatable bonds is 43. The molecule has 0 radical (unpaired) electrons. The molecule has 0 aromatic heterocycles. The second-order valence-electron chi connectivity index (χ2n) is 17.5. The van der Waals surface area contributed by atoms with Crippen LogP contribution in [0.2, 0.25) is 0 Å². The summed E-state index contributed by atoms with van der Waals surface area (Å²) in [6.07, 6.45) is 9.13. The quantitative estimate of drug-likeness (QED) is 0.0352. The number of carbonyl (C=O) groups is 1. The summed E-state index contributed by atoms with van der Waals surface area (Å²) in [6.45, 7) is 11.6. The number of fused-ring (bicyclic) bond motifs is 2. The van der Waals surface area contributed by atoms with E-state index < -0.39 is 42.3 Å². The first kappa shape index (κ1) is 67.1. The zero-order valence-corrected chi connectivity index (χ0v) is 48.3. The number of hydrogen-bond acceptors (Lipinski definition) is 18. The van der Waals surface area contributed by atoms with Gasteiger partial charge in [0, 0.05) is 55.6 Å². The fourth-order valence-corrected chi connectivity index (χ4v) is 9.26. The van der Waals surface area contributed by atoms with Gasteiger partial charge in [-0.25, -0.2) is 13.0 Å². The number of methoxy groups -OCH3 is 2. The van der Waals surface area contributed by atoms with Gasteiger partial charge in [-0.15, -0.1) is 0 Å². The molecule has 2 N–H and O–H groups in total. The minimum absolute atomic E-state index is 0. The maximum atomic E-state index is 12.2. The zero-order chi connectivity index (χ0) is 54.2. The molecule has 0 fully saturated rings. The number of ether oxygens (including phenoxy) is 10. The van der Waals surface area contributed by atoms with Gasteiger partial charge in [0.15, 0.2) is 13.1 Å². The molecule has 0 saturated heterocycles. The van der Waals surface area contributed by atoms with Gasteiger partial charge in [-0.05, 0) is 80.1 Å². The summed E-state index contributed by atoms with van der Waals surface area (Å²) in [5.41, 5.74) is 2.52. The zero-order valence-electron chi connectivity index (χ0n) is 44.7. The Balaban J connectivity index is 0.0000152. The van der Waals surface area contributed by atoms with Crippen molar-refractivity contribution in [3.8, 4) is 11.3 Å². The molecule has 0 bridgehead atoms. The third kappa shape index (κ3) is 25.3. The summed E-state index contributed by atoms with van der Waals surface area (Å²) >= 11 is 0. The maximum absolute atomic E-state index is 12.2. The Kier molecular flexibility index (Phi) is 33.2. The second-order valence-corrected chi connectivity index (χ2v) is 20.5. The van der Waals surface area contributed by atoms with Gasteiger partial charge in [0.1, 0.15) is 29.1 Å². The third-order valence-electron chi connectivity index (χ3n) is 12.1. The van der Waals surface area contributed by atoms with E-state index in [9.17, 15) is 35.8 Å². The Bertz CT molecular complexity index is 2420. The summed E-state index contributed by atoms with van der Waals surface area (Å²) in [4.78, 5) is 12.8. The van der Waals surface area contributed by atoms with E-state index in [1.54, 1.807) is 26.5 Å². The molecule has 1 unspecified atom stereocenters. The van der Waals surface area contributed by atoms with Crippen molar-refractivity contribution in [3.63, 3.8) is 0 Å². The standard InChI is InChI=1S/C52H78N2O19S2.Na/c1-52(17-8-40-74(57,58)59)47-42-45(75(60,61)62)13-15-48(47)54(18-6-4-5-11-51(55)56)50(52)10-7-9-43-16-21-73-49-41-44(12-14-46(43)49)53(19-22-65-28-30-69-36-38-71-34-32-67-26-24-63-2)20-23-66-29-31-70-37-39-72-35-33-68-27-25-64-3;/h7,9-10,12-16,21,41-42H,4-6,8,11,17-20,22-40H2,1-3H3,(H2-,55,56,57,58,59,60,61,62);/q;+1. The van der Waals surface area contributed by atoms with Gasteiger partial charge >= 0.3 is 35.5 Å². The van der Waals surface area contributed by atoms with Gasteiger partial charge in [0.25, 0.3) is 10.1 Å². The topological polar surface area (TPSA) is 261 Å². The third-order valence-corrected chi connectivity index (χ3v) is 13.7. The first-order valence-corrected chi connectivity index (χ1v) is 28.3. The molecule has 0 saturated carbocycles. The maximum Gasteiger partial charge on any atom is 1.00 e. The molecule has 2 aliphatic heterocycles. The summed E-state index contributed by atoms with van der Waals surface area (Å²) < 4.78 is 133. The van der Waals surface area contributed by atoms with E-state index in [4.69, 9.17) is 51.8 Å². The molecule has 0 spiro atoms. The van der Waals surface area contributed by atoms with Gasteiger partial charge < -0.3 is 66.3 Å². The summed E-state index contributed by atoms with van der Waals surface area (Å²) in [7, 11) is -5.91. The molecule has 422 valence electrons. The van der Waals surface area contributed by atoms with Crippen LogP contribution >= 0.6 is 0 Å². The number of unbranched alkanes of at least 4 members (excludes halogenated alkanes) is 2. The second kappa shape index (κ2) is 37.6. The van der Waals surface area contributed by atoms with Crippen molar-refractivity contribution >= 4 is 38.0 Å². The number of allylic oxidation sites excluding steroid dienone is 3. The van der Waals surface area contributed by atoms with Crippen LogP contribution in [0.3, 0.4) is 0 Å². The number of anilines is 1. The molecule has 0 amide bonds. The number of benzene rings is 2. The van der Waals surface area contributed by atoms with Crippen LogP contribution in [0.5, 0.6) is 0 Å². The average Bonchev–Trinajstić information content (AvgIpc) is 3.60. The van der Waals surface area contributed by atoms with Gasteiger partial charge in [-0.1, -0.05) is 18.6 Å². The molecule has 1 aromatic carbocycles. The van der Waals surface area contributed by atoms with E-state index in [0.717, 1.165) is 16.5 Å². The van der Waals surface area contributed by atoms with Crippen LogP contribution in [0.15, 0.2) is 75.9 Å². The SMILES string of the molecule is COCCOCCOCCOCCOCC[N+](CCOCCOCCOCCOCCOC)=c1ccc2c(/C=C/C=C3/N(CCCCCC(=O)O)c4ccc(S(=O)(=O)[O-])cc4C3(C)CCCS(=O)(=O)O)ccoc-2c1.[Na+]. The van der Waals surface area contributed by atoms with Crippen LogP contribution in [0.4, 0.5) is 5.69 Å². The largest absolute Gasteiger partial charge is 1.00 e. The predicted octanol–water partition coefficient (Wildman–Crippen LogP) is 1.48. The van der Waals surface area contributed by atoms with Crippen molar-refractivity contribution in [1.29, 1.82) is 0 Å². The van der Waals surface area contributed by atoms with Gasteiger partial charge in [0.05, 0.1) is 129 Å². The van der Waals surface area contributed by atoms with Crippen LogP contribution in [-0.2, 0) is 77.8 Å². The van der Waals surface area contributed by atoms with Crippen LogP contribution in [-0.4, -0.2) is 196 Å². The van der Waals surface area contributed by atoms with Gasteiger partial charge in [-0.3, -0.25) is 9.35 Å². The van der Waals surface area contributed by atoms with E-state index in [2.05, 4.69) is 4.58 Å². The Hall–Kier alpha value is -3.18.